The van der Waals surface area contributed by atoms with Gasteiger partial charge in [-0.25, -0.2) is 5.43 Å². The molecule has 1 aliphatic heterocycles. The van der Waals surface area contributed by atoms with Crippen LogP contribution in [0.4, 0.5) is 0 Å². The highest BCUT2D eigenvalue weighted by Crippen LogP contribution is 2.35. The lowest BCUT2D eigenvalue weighted by Gasteiger charge is -2.32. The van der Waals surface area contributed by atoms with Crippen LogP contribution in [-0.4, -0.2) is 22.1 Å². The van der Waals surface area contributed by atoms with E-state index in [4.69, 9.17) is 0 Å². The molecule has 1 aliphatic rings. The van der Waals surface area contributed by atoms with Gasteiger partial charge in [0.25, 0.3) is 5.91 Å². The summed E-state index contributed by atoms with van der Waals surface area (Å²) in [5.74, 6) is -0.179. The number of rotatable bonds is 2. The molecule has 1 atom stereocenters. The van der Waals surface area contributed by atoms with Crippen LogP contribution in [0, 0.1) is 0 Å². The smallest absolute Gasteiger partial charge is 0.257 e. The Bertz CT molecular complexity index is 570. The molecule has 0 aliphatic carbocycles. The lowest BCUT2D eigenvalue weighted by molar-refractivity contribution is -0.125. The molecule has 2 aromatic rings. The summed E-state index contributed by atoms with van der Waals surface area (Å²) in [4.78, 5) is 20.9. The maximum Gasteiger partial charge on any atom is 0.257 e. The molecule has 0 saturated heterocycles. The zero-order chi connectivity index (χ0) is 13.1. The quantitative estimate of drug-likeness (QED) is 0.875. The highest BCUT2D eigenvalue weighted by Gasteiger charge is 2.44. The third-order valence-electron chi connectivity index (χ3n) is 3.30. The minimum absolute atomic E-state index is 0.179. The highest BCUT2D eigenvalue weighted by molar-refractivity contribution is 5.96. The fourth-order valence-corrected chi connectivity index (χ4v) is 2.32. The van der Waals surface area contributed by atoms with Gasteiger partial charge in [0.05, 0.1) is 5.69 Å². The number of carbonyl (C=O) groups is 1. The number of hydrogen-bond acceptors (Lipinski definition) is 4. The summed E-state index contributed by atoms with van der Waals surface area (Å²) < 4.78 is 0. The molecular formula is C14H12N4O. The molecule has 0 radical (unpaired) electrons. The van der Waals surface area contributed by atoms with Gasteiger partial charge in [0.2, 0.25) is 0 Å². The molecule has 1 unspecified atom stereocenters. The van der Waals surface area contributed by atoms with Gasteiger partial charge in [-0.2, -0.15) is 5.10 Å². The van der Waals surface area contributed by atoms with Gasteiger partial charge < -0.3 is 0 Å². The van der Waals surface area contributed by atoms with Crippen LogP contribution in [0.5, 0.6) is 0 Å². The second kappa shape index (κ2) is 4.61. The molecular weight excluding hydrogens is 240 g/mol. The van der Waals surface area contributed by atoms with Crippen LogP contribution in [-0.2, 0) is 10.2 Å². The van der Waals surface area contributed by atoms with E-state index in [0.29, 0.717) is 12.1 Å². The summed E-state index contributed by atoms with van der Waals surface area (Å²) in [6.45, 7) is 0. The molecule has 3 rings (SSSR count). The van der Waals surface area contributed by atoms with Crippen molar-refractivity contribution in [2.75, 3.05) is 0 Å². The maximum atomic E-state index is 12.4. The molecule has 3 heterocycles. The van der Waals surface area contributed by atoms with Crippen LogP contribution in [0.3, 0.4) is 0 Å². The van der Waals surface area contributed by atoms with Crippen molar-refractivity contribution in [3.8, 4) is 0 Å². The summed E-state index contributed by atoms with van der Waals surface area (Å²) in [5.41, 5.74) is 3.20. The number of hydrazone groups is 1. The van der Waals surface area contributed by atoms with Gasteiger partial charge in [-0.05, 0) is 23.8 Å². The number of amides is 1. The van der Waals surface area contributed by atoms with E-state index < -0.39 is 5.41 Å². The summed E-state index contributed by atoms with van der Waals surface area (Å²) in [6.07, 6.45) is 7.25. The first kappa shape index (κ1) is 11.5. The summed E-state index contributed by atoms with van der Waals surface area (Å²) in [6, 6.07) is 9.26. The van der Waals surface area contributed by atoms with E-state index in [9.17, 15) is 4.79 Å². The van der Waals surface area contributed by atoms with E-state index in [1.807, 2.05) is 30.3 Å². The maximum absolute atomic E-state index is 12.4. The second-order valence-corrected chi connectivity index (χ2v) is 4.32. The van der Waals surface area contributed by atoms with Crippen LogP contribution in [0.15, 0.2) is 54.0 Å². The Balaban J connectivity index is 2.22. The zero-order valence-electron chi connectivity index (χ0n) is 10.2. The number of pyridine rings is 2. The number of nitrogens with zero attached hydrogens (tertiary/aromatic N) is 3. The van der Waals surface area contributed by atoms with Gasteiger partial charge in [0, 0.05) is 31.2 Å². The number of nitrogens with one attached hydrogen (secondary N) is 1. The molecule has 0 spiro atoms. The molecule has 0 bridgehead atoms. The van der Waals surface area contributed by atoms with Crippen molar-refractivity contribution in [2.45, 2.75) is 11.8 Å². The van der Waals surface area contributed by atoms with E-state index in [-0.39, 0.29) is 5.91 Å². The summed E-state index contributed by atoms with van der Waals surface area (Å²) in [5, 5.41) is 3.83. The normalized spacial score (nSPS) is 22.0. The minimum Gasteiger partial charge on any atom is -0.272 e. The van der Waals surface area contributed by atoms with Gasteiger partial charge in [-0.15, -0.1) is 0 Å². The standard InChI is InChI=1S/C14H12N4O/c19-13-14(6-9-17-18-13,11-4-3-7-15-10-11)12-5-1-2-8-16-12/h1-5,7-10H,6H2,(H,18,19). The van der Waals surface area contributed by atoms with Crippen LogP contribution in [0.25, 0.3) is 0 Å². The first-order valence-corrected chi connectivity index (χ1v) is 5.98. The molecule has 1 N–H and O–H groups in total. The lowest BCUT2D eigenvalue weighted by atomic mass is 9.74. The largest absolute Gasteiger partial charge is 0.272 e. The molecule has 0 aromatic carbocycles. The van der Waals surface area contributed by atoms with Gasteiger partial charge in [-0.1, -0.05) is 12.1 Å². The van der Waals surface area contributed by atoms with E-state index in [1.165, 1.54) is 0 Å². The molecule has 5 heteroatoms. The van der Waals surface area contributed by atoms with Gasteiger partial charge >= 0.3 is 0 Å². The second-order valence-electron chi connectivity index (χ2n) is 4.32. The zero-order valence-corrected chi connectivity index (χ0v) is 10.2. The Morgan fingerprint density at radius 3 is 2.79 bits per heavy atom. The molecule has 0 saturated carbocycles. The van der Waals surface area contributed by atoms with E-state index in [0.717, 1.165) is 5.56 Å². The van der Waals surface area contributed by atoms with Crippen molar-refractivity contribution in [1.82, 2.24) is 15.4 Å². The topological polar surface area (TPSA) is 67.2 Å². The van der Waals surface area contributed by atoms with Crippen LogP contribution < -0.4 is 5.43 Å². The van der Waals surface area contributed by atoms with Crippen LogP contribution in [0.1, 0.15) is 17.7 Å². The average Bonchev–Trinajstić information content (AvgIpc) is 2.50. The molecule has 5 nitrogen and oxygen atoms in total. The summed E-state index contributed by atoms with van der Waals surface area (Å²) in [7, 11) is 0. The van der Waals surface area contributed by atoms with Crippen molar-refractivity contribution in [2.24, 2.45) is 5.10 Å². The van der Waals surface area contributed by atoms with Gasteiger partial charge in [-0.3, -0.25) is 14.8 Å². The van der Waals surface area contributed by atoms with E-state index in [2.05, 4.69) is 20.5 Å². The van der Waals surface area contributed by atoms with Crippen LogP contribution >= 0.6 is 0 Å². The van der Waals surface area contributed by atoms with E-state index >= 15 is 0 Å². The van der Waals surface area contributed by atoms with Crippen molar-refractivity contribution >= 4 is 12.1 Å². The fourth-order valence-electron chi connectivity index (χ4n) is 2.32. The molecule has 19 heavy (non-hydrogen) atoms. The Kier molecular flexibility index (Phi) is 2.79. The van der Waals surface area contributed by atoms with Crippen molar-refractivity contribution < 1.29 is 4.79 Å². The number of aromatic nitrogens is 2. The van der Waals surface area contributed by atoms with E-state index in [1.54, 1.807) is 24.8 Å². The first-order chi connectivity index (χ1) is 9.34. The molecule has 2 aromatic heterocycles. The first-order valence-electron chi connectivity index (χ1n) is 5.98. The Labute approximate surface area is 110 Å². The van der Waals surface area contributed by atoms with Crippen molar-refractivity contribution in [3.05, 3.63) is 60.2 Å². The third-order valence-corrected chi connectivity index (χ3v) is 3.30. The van der Waals surface area contributed by atoms with Crippen molar-refractivity contribution in [3.63, 3.8) is 0 Å². The van der Waals surface area contributed by atoms with Crippen molar-refractivity contribution in [1.29, 1.82) is 0 Å². The Hall–Kier alpha value is -2.56. The van der Waals surface area contributed by atoms with Crippen LogP contribution in [0.2, 0.25) is 0 Å². The molecule has 0 fully saturated rings. The number of carbonyl (C=O) groups excluding carboxylic acids is 1. The van der Waals surface area contributed by atoms with Gasteiger partial charge in [0.15, 0.2) is 0 Å². The predicted octanol–water partition coefficient (Wildman–Crippen LogP) is 1.27. The van der Waals surface area contributed by atoms with Gasteiger partial charge in [0.1, 0.15) is 5.41 Å². The average molecular weight is 252 g/mol. The summed E-state index contributed by atoms with van der Waals surface area (Å²) >= 11 is 0. The third kappa shape index (κ3) is 1.79. The lowest BCUT2D eigenvalue weighted by Crippen LogP contribution is -2.47. The molecule has 94 valence electrons. The Morgan fingerprint density at radius 1 is 1.16 bits per heavy atom. The molecule has 1 amide bonds. The fraction of sp³-hybridized carbons (Fsp3) is 0.143. The Morgan fingerprint density at radius 2 is 2.11 bits per heavy atom. The SMILES string of the molecule is O=C1NN=CCC1(c1cccnc1)c1ccccn1. The monoisotopic (exact) mass is 252 g/mol. The number of hydrogen-bond donors (Lipinski definition) is 1. The predicted molar refractivity (Wildman–Crippen MR) is 70.5 cm³/mol. The minimum atomic E-state index is -0.850. The highest BCUT2D eigenvalue weighted by atomic mass is 16.2.